The van der Waals surface area contributed by atoms with Crippen LogP contribution in [-0.4, -0.2) is 26.0 Å². The van der Waals surface area contributed by atoms with Gasteiger partial charge in [0.25, 0.3) is 0 Å². The molecule has 0 radical (unpaired) electrons. The Morgan fingerprint density at radius 2 is 1.88 bits per heavy atom. The lowest BCUT2D eigenvalue weighted by Gasteiger charge is -2.20. The van der Waals surface area contributed by atoms with E-state index in [0.717, 1.165) is 11.3 Å². The standard InChI is InChI=1S/C23H22Cl2NO5S/c1-4-30-21-9-14(5-7-19(21)29-3)20(10-16-17(24)11-26(2)12-18(16)25)31-23(28)22-8-6-15(13-27)32-22/h5-9,11-13,20H,4,10H2,1-3H3/q+1. The fourth-order valence-electron chi connectivity index (χ4n) is 3.15. The number of benzene rings is 1. The molecule has 0 aliphatic carbocycles. The molecule has 0 fully saturated rings. The molecule has 2 aromatic heterocycles. The predicted octanol–water partition coefficient (Wildman–Crippen LogP) is 5.24. The first-order valence-corrected chi connectivity index (χ1v) is 11.3. The number of aryl methyl sites for hydroxylation is 1. The molecule has 0 bridgehead atoms. The number of carbonyl (C=O) groups is 2. The highest BCUT2D eigenvalue weighted by Crippen LogP contribution is 2.35. The van der Waals surface area contributed by atoms with Gasteiger partial charge in [0.05, 0.1) is 18.6 Å². The number of rotatable bonds is 9. The molecule has 2 heterocycles. The van der Waals surface area contributed by atoms with E-state index >= 15 is 0 Å². The number of esters is 1. The molecule has 3 rings (SSSR count). The SMILES string of the molecule is CCOc1cc(C(Cc2c(Cl)c[n+](C)cc2Cl)OC(=O)c2ccc(C=O)s2)ccc1OC. The second kappa shape index (κ2) is 10.8. The molecule has 0 saturated heterocycles. The lowest BCUT2D eigenvalue weighted by Crippen LogP contribution is -2.27. The van der Waals surface area contributed by atoms with Crippen LogP contribution in [-0.2, 0) is 18.2 Å². The van der Waals surface area contributed by atoms with Crippen LogP contribution in [0, 0.1) is 0 Å². The van der Waals surface area contributed by atoms with Crippen molar-refractivity contribution in [1.82, 2.24) is 0 Å². The number of halogens is 2. The van der Waals surface area contributed by atoms with Gasteiger partial charge < -0.3 is 14.2 Å². The molecular formula is C23H22Cl2NO5S+. The monoisotopic (exact) mass is 494 g/mol. The van der Waals surface area contributed by atoms with Crippen LogP contribution in [0.3, 0.4) is 0 Å². The second-order valence-electron chi connectivity index (χ2n) is 6.86. The average molecular weight is 495 g/mol. The molecule has 0 spiro atoms. The van der Waals surface area contributed by atoms with Crippen molar-refractivity contribution >= 4 is 46.8 Å². The van der Waals surface area contributed by atoms with E-state index in [1.165, 1.54) is 0 Å². The maximum Gasteiger partial charge on any atom is 0.348 e. The van der Waals surface area contributed by atoms with Gasteiger partial charge in [-0.25, -0.2) is 9.36 Å². The summed E-state index contributed by atoms with van der Waals surface area (Å²) >= 11 is 14.0. The summed E-state index contributed by atoms with van der Waals surface area (Å²) in [5.41, 5.74) is 1.34. The van der Waals surface area contributed by atoms with Crippen molar-refractivity contribution in [1.29, 1.82) is 0 Å². The normalized spacial score (nSPS) is 11.7. The first-order valence-electron chi connectivity index (χ1n) is 9.76. The summed E-state index contributed by atoms with van der Waals surface area (Å²) in [6.07, 6.45) is 3.69. The Kier molecular flexibility index (Phi) is 8.12. The molecule has 0 aliphatic heterocycles. The minimum absolute atomic E-state index is 0.244. The Morgan fingerprint density at radius 1 is 1.16 bits per heavy atom. The molecule has 0 aliphatic rings. The number of aldehydes is 1. The summed E-state index contributed by atoms with van der Waals surface area (Å²) in [5.74, 6) is 0.553. The van der Waals surface area contributed by atoms with Crippen molar-refractivity contribution in [2.24, 2.45) is 7.05 Å². The van der Waals surface area contributed by atoms with Gasteiger partial charge in [0.1, 0.15) is 28.1 Å². The van der Waals surface area contributed by atoms with E-state index in [0.29, 0.717) is 55.3 Å². The summed E-state index contributed by atoms with van der Waals surface area (Å²) in [5, 5.41) is 0.915. The van der Waals surface area contributed by atoms with Crippen LogP contribution in [0.2, 0.25) is 10.0 Å². The van der Waals surface area contributed by atoms with E-state index in [9.17, 15) is 9.59 Å². The third kappa shape index (κ3) is 5.59. The Labute approximate surface area is 200 Å². The zero-order chi connectivity index (χ0) is 23.3. The highest BCUT2D eigenvalue weighted by atomic mass is 35.5. The number of pyridine rings is 1. The van der Waals surface area contributed by atoms with Gasteiger partial charge in [-0.3, -0.25) is 4.79 Å². The van der Waals surface area contributed by atoms with Gasteiger partial charge in [0.2, 0.25) is 0 Å². The molecule has 0 amide bonds. The molecule has 0 saturated carbocycles. The molecule has 1 aromatic carbocycles. The molecule has 1 atom stereocenters. The van der Waals surface area contributed by atoms with E-state index in [-0.39, 0.29) is 6.42 Å². The summed E-state index contributed by atoms with van der Waals surface area (Å²) in [7, 11) is 3.37. The fraction of sp³-hybridized carbons (Fsp3) is 0.261. The average Bonchev–Trinajstić information content (AvgIpc) is 3.25. The van der Waals surface area contributed by atoms with Gasteiger partial charge in [-0.05, 0) is 36.8 Å². The van der Waals surface area contributed by atoms with Crippen LogP contribution in [0.15, 0.2) is 42.7 Å². The van der Waals surface area contributed by atoms with Gasteiger partial charge in [-0.15, -0.1) is 11.3 Å². The zero-order valence-electron chi connectivity index (χ0n) is 17.8. The quantitative estimate of drug-likeness (QED) is 0.231. The van der Waals surface area contributed by atoms with Crippen molar-refractivity contribution < 1.29 is 28.4 Å². The van der Waals surface area contributed by atoms with E-state index in [4.69, 9.17) is 37.4 Å². The zero-order valence-corrected chi connectivity index (χ0v) is 20.1. The van der Waals surface area contributed by atoms with Crippen molar-refractivity contribution in [3.63, 3.8) is 0 Å². The molecule has 1 unspecified atom stereocenters. The number of methoxy groups -OCH3 is 1. The summed E-state index contributed by atoms with van der Waals surface area (Å²) in [6.45, 7) is 2.31. The van der Waals surface area contributed by atoms with Gasteiger partial charge in [-0.1, -0.05) is 29.3 Å². The number of carbonyl (C=O) groups excluding carboxylic acids is 2. The highest BCUT2D eigenvalue weighted by Gasteiger charge is 2.25. The van der Waals surface area contributed by atoms with Gasteiger partial charge in [0, 0.05) is 12.0 Å². The molecule has 32 heavy (non-hydrogen) atoms. The van der Waals surface area contributed by atoms with Crippen LogP contribution in [0.5, 0.6) is 11.5 Å². The lowest BCUT2D eigenvalue weighted by atomic mass is 10.0. The Bertz CT molecular complexity index is 1110. The molecular weight excluding hydrogens is 473 g/mol. The molecule has 3 aromatic rings. The van der Waals surface area contributed by atoms with Crippen LogP contribution < -0.4 is 14.0 Å². The third-order valence-corrected chi connectivity index (χ3v) is 6.29. The minimum atomic E-state index is -0.711. The number of hydrogen-bond donors (Lipinski definition) is 0. The Hall–Kier alpha value is -2.61. The van der Waals surface area contributed by atoms with E-state index in [1.807, 2.05) is 14.0 Å². The van der Waals surface area contributed by atoms with Crippen LogP contribution in [0.4, 0.5) is 0 Å². The van der Waals surface area contributed by atoms with Gasteiger partial charge >= 0.3 is 5.97 Å². The van der Waals surface area contributed by atoms with E-state index < -0.39 is 12.1 Å². The third-order valence-electron chi connectivity index (χ3n) is 4.65. The Balaban J connectivity index is 2.00. The first kappa shape index (κ1) is 24.0. The topological polar surface area (TPSA) is 65.7 Å². The summed E-state index contributed by atoms with van der Waals surface area (Å²) in [6, 6.07) is 8.47. The summed E-state index contributed by atoms with van der Waals surface area (Å²) in [4.78, 5) is 24.6. The van der Waals surface area contributed by atoms with Gasteiger partial charge in [0.15, 0.2) is 30.2 Å². The number of nitrogens with zero attached hydrogens (tertiary/aromatic N) is 1. The van der Waals surface area contributed by atoms with Crippen molar-refractivity contribution in [3.8, 4) is 11.5 Å². The van der Waals surface area contributed by atoms with Crippen LogP contribution in [0.25, 0.3) is 0 Å². The fourth-order valence-corrected chi connectivity index (χ4v) is 4.57. The van der Waals surface area contributed by atoms with Crippen LogP contribution >= 0.6 is 34.5 Å². The minimum Gasteiger partial charge on any atom is -0.493 e. The summed E-state index contributed by atoms with van der Waals surface area (Å²) < 4.78 is 18.7. The molecule has 9 heteroatoms. The first-order chi connectivity index (χ1) is 15.4. The largest absolute Gasteiger partial charge is 0.493 e. The van der Waals surface area contributed by atoms with Crippen molar-refractivity contribution in [3.05, 3.63) is 73.7 Å². The number of thiophene rings is 1. The van der Waals surface area contributed by atoms with E-state index in [2.05, 4.69) is 0 Å². The number of aromatic nitrogens is 1. The lowest BCUT2D eigenvalue weighted by molar-refractivity contribution is -0.671. The number of hydrogen-bond acceptors (Lipinski definition) is 6. The van der Waals surface area contributed by atoms with Crippen molar-refractivity contribution in [2.45, 2.75) is 19.4 Å². The van der Waals surface area contributed by atoms with Gasteiger partial charge in [-0.2, -0.15) is 0 Å². The molecule has 6 nitrogen and oxygen atoms in total. The van der Waals surface area contributed by atoms with Crippen molar-refractivity contribution in [2.75, 3.05) is 13.7 Å². The molecule has 0 N–H and O–H groups in total. The maximum absolute atomic E-state index is 12.9. The highest BCUT2D eigenvalue weighted by molar-refractivity contribution is 7.15. The Morgan fingerprint density at radius 3 is 2.47 bits per heavy atom. The smallest absolute Gasteiger partial charge is 0.348 e. The maximum atomic E-state index is 12.9. The molecule has 168 valence electrons. The number of ether oxygens (including phenoxy) is 3. The van der Waals surface area contributed by atoms with E-state index in [1.54, 1.807) is 54.4 Å². The van der Waals surface area contributed by atoms with Crippen LogP contribution in [0.1, 0.15) is 43.5 Å². The predicted molar refractivity (Wildman–Crippen MR) is 123 cm³/mol. The second-order valence-corrected chi connectivity index (χ2v) is 8.79.